The number of aryl methyl sites for hydroxylation is 2. The van der Waals surface area contributed by atoms with Crippen LogP contribution in [-0.2, 0) is 4.79 Å². The van der Waals surface area contributed by atoms with E-state index in [0.717, 1.165) is 28.1 Å². The van der Waals surface area contributed by atoms with Gasteiger partial charge in [0.2, 0.25) is 0 Å². The average Bonchev–Trinajstić information content (AvgIpc) is 2.56. The third kappa shape index (κ3) is 3.98. The molecule has 0 heterocycles. The third-order valence-corrected chi connectivity index (χ3v) is 3.51. The van der Waals surface area contributed by atoms with Crippen LogP contribution in [0.2, 0.25) is 0 Å². The number of hydrogen-bond donors (Lipinski definition) is 1. The van der Waals surface area contributed by atoms with Crippen molar-refractivity contribution < 1.29 is 9.53 Å². The SMILES string of the molecule is COc1ccc(C=C(C#N)C(=O)Nc2c(C)cccc2C)cc1. The lowest BCUT2D eigenvalue weighted by atomic mass is 10.1. The standard InChI is InChI=1S/C19H18N2O2/c1-13-5-4-6-14(2)18(13)21-19(22)16(12-20)11-15-7-9-17(23-3)10-8-15/h4-11H,1-3H3,(H,21,22). The molecule has 4 heteroatoms. The van der Waals surface area contributed by atoms with Crippen LogP contribution in [-0.4, -0.2) is 13.0 Å². The highest BCUT2D eigenvalue weighted by atomic mass is 16.5. The van der Waals surface area contributed by atoms with Crippen LogP contribution in [0.5, 0.6) is 5.75 Å². The molecule has 0 bridgehead atoms. The Morgan fingerprint density at radius 1 is 1.13 bits per heavy atom. The smallest absolute Gasteiger partial charge is 0.266 e. The predicted octanol–water partition coefficient (Wildman–Crippen LogP) is 3.86. The number of hydrogen-bond acceptors (Lipinski definition) is 3. The minimum atomic E-state index is -0.416. The second-order valence-electron chi connectivity index (χ2n) is 5.16. The quantitative estimate of drug-likeness (QED) is 0.689. The zero-order valence-corrected chi connectivity index (χ0v) is 13.4. The Hall–Kier alpha value is -3.06. The number of methoxy groups -OCH3 is 1. The molecule has 0 aliphatic rings. The highest BCUT2D eigenvalue weighted by Gasteiger charge is 2.12. The van der Waals surface area contributed by atoms with Crippen LogP contribution in [0, 0.1) is 25.2 Å². The van der Waals surface area contributed by atoms with E-state index < -0.39 is 5.91 Å². The summed E-state index contributed by atoms with van der Waals surface area (Å²) in [6.07, 6.45) is 1.56. The molecule has 0 radical (unpaired) electrons. The molecule has 0 saturated carbocycles. The van der Waals surface area contributed by atoms with Gasteiger partial charge in [0.15, 0.2) is 0 Å². The number of anilines is 1. The number of nitrogens with zero attached hydrogens (tertiary/aromatic N) is 1. The van der Waals surface area contributed by atoms with Gasteiger partial charge in [-0.2, -0.15) is 5.26 Å². The third-order valence-electron chi connectivity index (χ3n) is 3.51. The number of carbonyl (C=O) groups excluding carboxylic acids is 1. The maximum atomic E-state index is 12.3. The average molecular weight is 306 g/mol. The molecule has 0 spiro atoms. The molecular weight excluding hydrogens is 288 g/mol. The van der Waals surface area contributed by atoms with Crippen LogP contribution >= 0.6 is 0 Å². The number of rotatable bonds is 4. The maximum absolute atomic E-state index is 12.3. The van der Waals surface area contributed by atoms with Gasteiger partial charge in [-0.15, -0.1) is 0 Å². The van der Waals surface area contributed by atoms with E-state index in [0.29, 0.717) is 0 Å². The summed E-state index contributed by atoms with van der Waals surface area (Å²) in [4.78, 5) is 12.3. The van der Waals surface area contributed by atoms with Crippen molar-refractivity contribution in [3.63, 3.8) is 0 Å². The van der Waals surface area contributed by atoms with Crippen molar-refractivity contribution >= 4 is 17.7 Å². The van der Waals surface area contributed by atoms with Crippen molar-refractivity contribution in [1.29, 1.82) is 5.26 Å². The highest BCUT2D eigenvalue weighted by Crippen LogP contribution is 2.21. The zero-order chi connectivity index (χ0) is 16.8. The molecule has 0 fully saturated rings. The molecular formula is C19H18N2O2. The summed E-state index contributed by atoms with van der Waals surface area (Å²) in [5.74, 6) is 0.307. The monoisotopic (exact) mass is 306 g/mol. The first-order chi connectivity index (χ1) is 11.0. The fraction of sp³-hybridized carbons (Fsp3) is 0.158. The summed E-state index contributed by atoms with van der Waals surface area (Å²) < 4.78 is 5.09. The molecule has 2 rings (SSSR count). The molecule has 2 aromatic rings. The Morgan fingerprint density at radius 2 is 1.74 bits per heavy atom. The minimum absolute atomic E-state index is 0.0535. The van der Waals surface area contributed by atoms with Gasteiger partial charge in [-0.3, -0.25) is 4.79 Å². The van der Waals surface area contributed by atoms with Crippen LogP contribution in [0.25, 0.3) is 6.08 Å². The molecule has 1 amide bonds. The summed E-state index contributed by atoms with van der Waals surface area (Å²) in [7, 11) is 1.59. The van der Waals surface area contributed by atoms with Gasteiger partial charge in [-0.25, -0.2) is 0 Å². The lowest BCUT2D eigenvalue weighted by Gasteiger charge is -2.10. The molecule has 1 N–H and O–H groups in total. The topological polar surface area (TPSA) is 62.1 Å². The number of carbonyl (C=O) groups is 1. The zero-order valence-electron chi connectivity index (χ0n) is 13.4. The summed E-state index contributed by atoms with van der Waals surface area (Å²) >= 11 is 0. The number of benzene rings is 2. The van der Waals surface area contributed by atoms with Crippen LogP contribution in [0.4, 0.5) is 5.69 Å². The van der Waals surface area contributed by atoms with Gasteiger partial charge >= 0.3 is 0 Å². The van der Waals surface area contributed by atoms with Crippen LogP contribution < -0.4 is 10.1 Å². The van der Waals surface area contributed by atoms with Crippen molar-refractivity contribution in [3.8, 4) is 11.8 Å². The van der Waals surface area contributed by atoms with E-state index in [1.165, 1.54) is 0 Å². The maximum Gasteiger partial charge on any atom is 0.266 e. The normalized spacial score (nSPS) is 10.8. The molecule has 4 nitrogen and oxygen atoms in total. The molecule has 116 valence electrons. The van der Waals surface area contributed by atoms with Crippen LogP contribution in [0.1, 0.15) is 16.7 Å². The first-order valence-corrected chi connectivity index (χ1v) is 7.18. The molecule has 0 aromatic heterocycles. The summed E-state index contributed by atoms with van der Waals surface area (Å²) in [6.45, 7) is 3.84. The van der Waals surface area contributed by atoms with Crippen LogP contribution in [0.15, 0.2) is 48.0 Å². The van der Waals surface area contributed by atoms with Crippen molar-refractivity contribution in [2.24, 2.45) is 0 Å². The number of nitriles is 1. The van der Waals surface area contributed by atoms with Crippen molar-refractivity contribution in [2.75, 3.05) is 12.4 Å². The van der Waals surface area contributed by atoms with E-state index in [-0.39, 0.29) is 5.57 Å². The number of para-hydroxylation sites is 1. The van der Waals surface area contributed by atoms with Crippen molar-refractivity contribution in [1.82, 2.24) is 0 Å². The van der Waals surface area contributed by atoms with E-state index in [9.17, 15) is 10.1 Å². The fourth-order valence-corrected chi connectivity index (χ4v) is 2.21. The number of nitrogens with one attached hydrogen (secondary N) is 1. The fourth-order valence-electron chi connectivity index (χ4n) is 2.21. The Bertz CT molecular complexity index is 764. The minimum Gasteiger partial charge on any atom is -0.497 e. The summed E-state index contributed by atoms with van der Waals surface area (Å²) in [6, 6.07) is 14.9. The Kier molecular flexibility index (Phi) is 5.16. The van der Waals surface area contributed by atoms with E-state index >= 15 is 0 Å². The highest BCUT2D eigenvalue weighted by molar-refractivity contribution is 6.10. The second kappa shape index (κ2) is 7.28. The molecule has 0 atom stereocenters. The molecule has 0 aliphatic carbocycles. The molecule has 0 saturated heterocycles. The first kappa shape index (κ1) is 16.3. The summed E-state index contributed by atoms with van der Waals surface area (Å²) in [5, 5.41) is 12.1. The van der Waals surface area contributed by atoms with E-state index in [4.69, 9.17) is 4.74 Å². The van der Waals surface area contributed by atoms with Gasteiger partial charge in [0.25, 0.3) is 5.91 Å². The van der Waals surface area contributed by atoms with E-state index in [1.54, 1.807) is 37.5 Å². The molecule has 2 aromatic carbocycles. The lowest BCUT2D eigenvalue weighted by molar-refractivity contribution is -0.112. The van der Waals surface area contributed by atoms with Gasteiger partial charge in [0, 0.05) is 5.69 Å². The Morgan fingerprint density at radius 3 is 2.26 bits per heavy atom. The second-order valence-corrected chi connectivity index (χ2v) is 5.16. The molecule has 0 unspecified atom stereocenters. The van der Waals surface area contributed by atoms with E-state index in [1.807, 2.05) is 38.1 Å². The van der Waals surface area contributed by atoms with Crippen molar-refractivity contribution in [2.45, 2.75) is 13.8 Å². The largest absolute Gasteiger partial charge is 0.497 e. The van der Waals surface area contributed by atoms with Gasteiger partial charge < -0.3 is 10.1 Å². The van der Waals surface area contributed by atoms with E-state index in [2.05, 4.69) is 5.32 Å². The van der Waals surface area contributed by atoms with Crippen molar-refractivity contribution in [3.05, 3.63) is 64.7 Å². The van der Waals surface area contributed by atoms with Gasteiger partial charge in [-0.1, -0.05) is 30.3 Å². The number of ether oxygens (including phenoxy) is 1. The lowest BCUT2D eigenvalue weighted by Crippen LogP contribution is -2.15. The van der Waals surface area contributed by atoms with Gasteiger partial charge in [0.05, 0.1) is 7.11 Å². The van der Waals surface area contributed by atoms with Gasteiger partial charge in [-0.05, 0) is 48.7 Å². The molecule has 0 aliphatic heterocycles. The summed E-state index contributed by atoms with van der Waals surface area (Å²) in [5.41, 5.74) is 3.48. The van der Waals surface area contributed by atoms with Gasteiger partial charge in [0.1, 0.15) is 17.4 Å². The number of amides is 1. The van der Waals surface area contributed by atoms with Crippen LogP contribution in [0.3, 0.4) is 0 Å². The molecule has 23 heavy (non-hydrogen) atoms. The first-order valence-electron chi connectivity index (χ1n) is 7.18. The Balaban J connectivity index is 2.24. The predicted molar refractivity (Wildman–Crippen MR) is 91.1 cm³/mol. The Labute approximate surface area is 136 Å².